The molecule has 2 aromatic rings. The standard InChI is InChI=1S/C15H15N3O3/c1-11-6-8-12(9-7-11)10-16-15(19)17-13-4-2-3-5-14(13)18(20)21/h2-9H,10H2,1H3,(H2,16,17,19). The van der Waals surface area contributed by atoms with Crippen molar-refractivity contribution in [3.63, 3.8) is 0 Å². The van der Waals surface area contributed by atoms with Gasteiger partial charge in [-0.15, -0.1) is 0 Å². The van der Waals surface area contributed by atoms with Crippen LogP contribution in [0.15, 0.2) is 48.5 Å². The number of nitrogens with zero attached hydrogens (tertiary/aromatic N) is 1. The molecule has 2 amide bonds. The van der Waals surface area contributed by atoms with E-state index in [1.807, 2.05) is 31.2 Å². The highest BCUT2D eigenvalue weighted by Gasteiger charge is 2.14. The second-order valence-electron chi connectivity index (χ2n) is 4.57. The Hall–Kier alpha value is -2.89. The lowest BCUT2D eigenvalue weighted by Gasteiger charge is -2.08. The molecule has 0 aromatic heterocycles. The Bertz CT molecular complexity index is 653. The van der Waals surface area contributed by atoms with Gasteiger partial charge in [0.1, 0.15) is 5.69 Å². The Morgan fingerprint density at radius 2 is 1.81 bits per heavy atom. The number of aryl methyl sites for hydroxylation is 1. The Balaban J connectivity index is 1.96. The number of amides is 2. The van der Waals surface area contributed by atoms with E-state index in [9.17, 15) is 14.9 Å². The molecule has 2 N–H and O–H groups in total. The van der Waals surface area contributed by atoms with Crippen LogP contribution in [-0.2, 0) is 6.54 Å². The first kappa shape index (κ1) is 14.5. The van der Waals surface area contributed by atoms with Crippen LogP contribution >= 0.6 is 0 Å². The lowest BCUT2D eigenvalue weighted by atomic mass is 10.1. The van der Waals surface area contributed by atoms with Crippen molar-refractivity contribution in [2.45, 2.75) is 13.5 Å². The Morgan fingerprint density at radius 3 is 2.48 bits per heavy atom. The van der Waals surface area contributed by atoms with Gasteiger partial charge in [0.05, 0.1) is 4.92 Å². The molecule has 21 heavy (non-hydrogen) atoms. The zero-order chi connectivity index (χ0) is 15.2. The van der Waals surface area contributed by atoms with Gasteiger partial charge in [0.25, 0.3) is 5.69 Å². The average Bonchev–Trinajstić information content (AvgIpc) is 2.47. The van der Waals surface area contributed by atoms with Crippen LogP contribution in [0.2, 0.25) is 0 Å². The van der Waals surface area contributed by atoms with Gasteiger partial charge in [-0.25, -0.2) is 4.79 Å². The number of benzene rings is 2. The van der Waals surface area contributed by atoms with Gasteiger partial charge in [-0.2, -0.15) is 0 Å². The molecule has 0 aliphatic heterocycles. The van der Waals surface area contributed by atoms with Crippen LogP contribution < -0.4 is 10.6 Å². The molecule has 2 rings (SSSR count). The number of para-hydroxylation sites is 2. The van der Waals surface area contributed by atoms with Crippen molar-refractivity contribution in [1.82, 2.24) is 5.32 Å². The molecule has 0 heterocycles. The lowest BCUT2D eigenvalue weighted by molar-refractivity contribution is -0.383. The van der Waals surface area contributed by atoms with Crippen molar-refractivity contribution in [3.05, 3.63) is 69.8 Å². The maximum atomic E-state index is 11.8. The third-order valence-corrected chi connectivity index (χ3v) is 2.92. The number of nitro groups is 1. The number of carbonyl (C=O) groups is 1. The average molecular weight is 285 g/mol. The SMILES string of the molecule is Cc1ccc(CNC(=O)Nc2ccccc2[N+](=O)[O-])cc1. The van der Waals surface area contributed by atoms with Crippen molar-refractivity contribution in [2.75, 3.05) is 5.32 Å². The molecule has 0 spiro atoms. The summed E-state index contributed by atoms with van der Waals surface area (Å²) in [6, 6.07) is 13.3. The van der Waals surface area contributed by atoms with E-state index in [2.05, 4.69) is 10.6 Å². The Labute approximate surface area is 121 Å². The van der Waals surface area contributed by atoms with Gasteiger partial charge in [-0.3, -0.25) is 10.1 Å². The van der Waals surface area contributed by atoms with Crippen LogP contribution in [0.3, 0.4) is 0 Å². The number of hydrogen-bond acceptors (Lipinski definition) is 3. The van der Waals surface area contributed by atoms with E-state index in [0.29, 0.717) is 6.54 Å². The number of hydrogen-bond donors (Lipinski definition) is 2. The lowest BCUT2D eigenvalue weighted by Crippen LogP contribution is -2.28. The van der Waals surface area contributed by atoms with Gasteiger partial charge in [0.2, 0.25) is 0 Å². The van der Waals surface area contributed by atoms with Gasteiger partial charge in [0.15, 0.2) is 0 Å². The molecule has 0 saturated heterocycles. The predicted octanol–water partition coefficient (Wildman–Crippen LogP) is 3.22. The molecule has 6 nitrogen and oxygen atoms in total. The fraction of sp³-hybridized carbons (Fsp3) is 0.133. The zero-order valence-electron chi connectivity index (χ0n) is 11.5. The highest BCUT2D eigenvalue weighted by molar-refractivity contribution is 5.91. The molecular weight excluding hydrogens is 270 g/mol. The summed E-state index contributed by atoms with van der Waals surface area (Å²) in [7, 11) is 0. The van der Waals surface area contributed by atoms with Crippen LogP contribution in [-0.4, -0.2) is 11.0 Å². The summed E-state index contributed by atoms with van der Waals surface area (Å²) in [6.07, 6.45) is 0. The summed E-state index contributed by atoms with van der Waals surface area (Å²) in [5.74, 6) is 0. The minimum absolute atomic E-state index is 0.136. The molecule has 108 valence electrons. The first-order valence-corrected chi connectivity index (χ1v) is 6.40. The summed E-state index contributed by atoms with van der Waals surface area (Å²) in [5, 5.41) is 16.0. The highest BCUT2D eigenvalue weighted by atomic mass is 16.6. The van der Waals surface area contributed by atoms with Crippen molar-refractivity contribution in [2.24, 2.45) is 0 Å². The van der Waals surface area contributed by atoms with Crippen LogP contribution in [0.25, 0.3) is 0 Å². The quantitative estimate of drug-likeness (QED) is 0.668. The van der Waals surface area contributed by atoms with E-state index < -0.39 is 11.0 Å². The summed E-state index contributed by atoms with van der Waals surface area (Å²) < 4.78 is 0. The monoisotopic (exact) mass is 285 g/mol. The number of urea groups is 1. The van der Waals surface area contributed by atoms with Gasteiger partial charge >= 0.3 is 6.03 Å². The molecule has 0 fully saturated rings. The number of nitrogens with one attached hydrogen (secondary N) is 2. The summed E-state index contributed by atoms with van der Waals surface area (Å²) in [4.78, 5) is 22.1. The summed E-state index contributed by atoms with van der Waals surface area (Å²) in [6.45, 7) is 2.34. The van der Waals surface area contributed by atoms with Crippen molar-refractivity contribution >= 4 is 17.4 Å². The molecule has 0 atom stereocenters. The van der Waals surface area contributed by atoms with Gasteiger partial charge in [0, 0.05) is 12.6 Å². The van der Waals surface area contributed by atoms with Crippen LogP contribution in [0.1, 0.15) is 11.1 Å². The van der Waals surface area contributed by atoms with Gasteiger partial charge in [-0.1, -0.05) is 42.0 Å². The number of nitro benzene ring substituents is 1. The molecule has 0 aliphatic carbocycles. The highest BCUT2D eigenvalue weighted by Crippen LogP contribution is 2.22. The van der Waals surface area contributed by atoms with Crippen molar-refractivity contribution in [1.29, 1.82) is 0 Å². The van der Waals surface area contributed by atoms with Gasteiger partial charge in [-0.05, 0) is 18.6 Å². The second kappa shape index (κ2) is 6.51. The smallest absolute Gasteiger partial charge is 0.319 e. The van der Waals surface area contributed by atoms with E-state index >= 15 is 0 Å². The summed E-state index contributed by atoms with van der Waals surface area (Å²) in [5.41, 5.74) is 2.13. The number of anilines is 1. The first-order chi connectivity index (χ1) is 10.1. The minimum atomic E-state index is -0.532. The van der Waals surface area contributed by atoms with Crippen molar-refractivity contribution in [3.8, 4) is 0 Å². The number of carbonyl (C=O) groups excluding carboxylic acids is 1. The topological polar surface area (TPSA) is 84.3 Å². The maximum Gasteiger partial charge on any atom is 0.319 e. The fourth-order valence-electron chi connectivity index (χ4n) is 1.79. The van der Waals surface area contributed by atoms with E-state index in [4.69, 9.17) is 0 Å². The normalized spacial score (nSPS) is 9.95. The molecule has 0 saturated carbocycles. The summed E-state index contributed by atoms with van der Waals surface area (Å²) >= 11 is 0. The van der Waals surface area contributed by atoms with E-state index in [0.717, 1.165) is 11.1 Å². The van der Waals surface area contributed by atoms with Crippen LogP contribution in [0, 0.1) is 17.0 Å². The molecule has 0 unspecified atom stereocenters. The molecule has 0 aliphatic rings. The van der Waals surface area contributed by atoms with Crippen molar-refractivity contribution < 1.29 is 9.72 Å². The van der Waals surface area contributed by atoms with Gasteiger partial charge < -0.3 is 10.6 Å². The Kier molecular flexibility index (Phi) is 4.50. The largest absolute Gasteiger partial charge is 0.334 e. The maximum absolute atomic E-state index is 11.8. The minimum Gasteiger partial charge on any atom is -0.334 e. The number of rotatable bonds is 4. The van der Waals surface area contributed by atoms with Crippen LogP contribution in [0.4, 0.5) is 16.2 Å². The Morgan fingerprint density at radius 1 is 1.14 bits per heavy atom. The third kappa shape index (κ3) is 4.04. The first-order valence-electron chi connectivity index (χ1n) is 6.40. The molecule has 0 bridgehead atoms. The van der Waals surface area contributed by atoms with E-state index in [1.54, 1.807) is 12.1 Å². The van der Waals surface area contributed by atoms with Crippen LogP contribution in [0.5, 0.6) is 0 Å². The molecule has 2 aromatic carbocycles. The fourth-order valence-corrected chi connectivity index (χ4v) is 1.79. The molecule has 0 radical (unpaired) electrons. The predicted molar refractivity (Wildman–Crippen MR) is 80.1 cm³/mol. The third-order valence-electron chi connectivity index (χ3n) is 2.92. The van der Waals surface area contributed by atoms with E-state index in [1.165, 1.54) is 12.1 Å². The molecule has 6 heteroatoms. The molecular formula is C15H15N3O3. The van der Waals surface area contributed by atoms with E-state index in [-0.39, 0.29) is 11.4 Å². The zero-order valence-corrected chi connectivity index (χ0v) is 11.5. The second-order valence-corrected chi connectivity index (χ2v) is 4.57.